The highest BCUT2D eigenvalue weighted by Crippen LogP contribution is 2.37. The number of nitrogens with zero attached hydrogens (tertiary/aromatic N) is 3. The van der Waals surface area contributed by atoms with Gasteiger partial charge in [0.25, 0.3) is 0 Å². The van der Waals surface area contributed by atoms with Crippen LogP contribution in [0, 0.1) is 25.2 Å². The molecule has 3 rings (SSSR count). The average molecular weight is 456 g/mol. The Hall–Kier alpha value is -2.11. The fourth-order valence-corrected chi connectivity index (χ4v) is 6.76. The number of aryl methyl sites for hydroxylation is 2. The van der Waals surface area contributed by atoms with Crippen molar-refractivity contribution in [2.24, 2.45) is 0 Å². The maximum absolute atomic E-state index is 13.6. The van der Waals surface area contributed by atoms with E-state index in [4.69, 9.17) is 0 Å². The van der Waals surface area contributed by atoms with Crippen molar-refractivity contribution in [2.45, 2.75) is 47.9 Å². The predicted molar refractivity (Wildman–Crippen MR) is 126 cm³/mol. The van der Waals surface area contributed by atoms with Gasteiger partial charge in [-0.25, -0.2) is 8.42 Å². The number of rotatable bonds is 7. The van der Waals surface area contributed by atoms with Crippen LogP contribution >= 0.6 is 11.8 Å². The van der Waals surface area contributed by atoms with Crippen LogP contribution in [0.4, 0.5) is 0 Å². The van der Waals surface area contributed by atoms with Crippen LogP contribution in [0.2, 0.25) is 0 Å². The van der Waals surface area contributed by atoms with Gasteiger partial charge in [-0.1, -0.05) is 36.9 Å². The molecule has 1 fully saturated rings. The van der Waals surface area contributed by atoms with Gasteiger partial charge in [0, 0.05) is 42.0 Å². The fourth-order valence-electron chi connectivity index (χ4n) is 3.79. The van der Waals surface area contributed by atoms with Crippen molar-refractivity contribution in [2.75, 3.05) is 26.2 Å². The third-order valence-corrected chi connectivity index (χ3v) is 8.99. The average Bonchev–Trinajstić information content (AvgIpc) is 2.77. The minimum atomic E-state index is -3.72. The molecule has 7 heteroatoms. The number of hydrogen-bond acceptors (Lipinski definition) is 5. The van der Waals surface area contributed by atoms with Gasteiger partial charge in [0.1, 0.15) is 0 Å². The molecule has 0 spiro atoms. The largest absolute Gasteiger partial charge is 0.294 e. The van der Waals surface area contributed by atoms with Crippen molar-refractivity contribution >= 4 is 21.8 Å². The molecule has 0 aliphatic carbocycles. The third kappa shape index (κ3) is 5.21. The SMILES string of the molecule is C=CC(CC)N1CCN(S(=O)(=O)c2cc(C#N)ccc2Sc2cc(C)ccc2C)CC1. The van der Waals surface area contributed by atoms with Crippen LogP contribution in [0.5, 0.6) is 0 Å². The van der Waals surface area contributed by atoms with E-state index >= 15 is 0 Å². The zero-order valence-electron chi connectivity index (χ0n) is 18.3. The number of hydrogen-bond donors (Lipinski definition) is 0. The van der Waals surface area contributed by atoms with E-state index in [-0.39, 0.29) is 10.9 Å². The normalized spacial score (nSPS) is 16.6. The number of sulfonamides is 1. The van der Waals surface area contributed by atoms with Gasteiger partial charge in [-0.15, -0.1) is 6.58 Å². The van der Waals surface area contributed by atoms with Crippen LogP contribution < -0.4 is 0 Å². The lowest BCUT2D eigenvalue weighted by atomic mass is 10.1. The lowest BCUT2D eigenvalue weighted by Crippen LogP contribution is -2.51. The van der Waals surface area contributed by atoms with Crippen LogP contribution in [0.3, 0.4) is 0 Å². The summed E-state index contributed by atoms with van der Waals surface area (Å²) in [5.41, 5.74) is 2.56. The molecule has 0 amide bonds. The van der Waals surface area contributed by atoms with Gasteiger partial charge in [0.05, 0.1) is 16.5 Å². The van der Waals surface area contributed by atoms with Gasteiger partial charge >= 0.3 is 0 Å². The van der Waals surface area contributed by atoms with E-state index in [1.165, 1.54) is 17.8 Å². The Morgan fingerprint density at radius 1 is 1.13 bits per heavy atom. The summed E-state index contributed by atoms with van der Waals surface area (Å²) in [6.07, 6.45) is 2.89. The molecule has 1 unspecified atom stereocenters. The summed E-state index contributed by atoms with van der Waals surface area (Å²) < 4.78 is 28.7. The second kappa shape index (κ2) is 10.0. The highest BCUT2D eigenvalue weighted by atomic mass is 32.2. The summed E-state index contributed by atoms with van der Waals surface area (Å²) >= 11 is 1.44. The van der Waals surface area contributed by atoms with Gasteiger partial charge in [0.15, 0.2) is 0 Å². The standard InChI is InChI=1S/C24H29N3O2S2/c1-5-21(6-2)26-11-13-27(14-12-26)31(28,29)24-16-20(17-25)9-10-22(24)30-23-15-18(3)7-8-19(23)4/h5,7-10,15-16,21H,1,6,11-14H2,2-4H3. The summed E-state index contributed by atoms with van der Waals surface area (Å²) in [7, 11) is -3.72. The molecule has 1 heterocycles. The monoisotopic (exact) mass is 455 g/mol. The highest BCUT2D eigenvalue weighted by molar-refractivity contribution is 8.00. The van der Waals surface area contributed by atoms with Crippen molar-refractivity contribution in [3.8, 4) is 6.07 Å². The van der Waals surface area contributed by atoms with E-state index in [2.05, 4.69) is 30.5 Å². The van der Waals surface area contributed by atoms with E-state index in [1.54, 1.807) is 16.4 Å². The molecule has 0 bridgehead atoms. The van der Waals surface area contributed by atoms with Crippen LogP contribution in [-0.4, -0.2) is 49.8 Å². The Labute approximate surface area is 190 Å². The molecule has 1 aliphatic rings. The molecule has 5 nitrogen and oxygen atoms in total. The Morgan fingerprint density at radius 3 is 2.45 bits per heavy atom. The van der Waals surface area contributed by atoms with Crippen LogP contribution in [0.1, 0.15) is 30.0 Å². The first-order valence-electron chi connectivity index (χ1n) is 10.5. The van der Waals surface area contributed by atoms with Crippen LogP contribution in [-0.2, 0) is 10.0 Å². The second-order valence-corrected chi connectivity index (χ2v) is 10.8. The molecule has 0 radical (unpaired) electrons. The van der Waals surface area contributed by atoms with Crippen molar-refractivity contribution < 1.29 is 8.42 Å². The molecule has 1 saturated heterocycles. The lowest BCUT2D eigenvalue weighted by molar-refractivity contribution is 0.156. The third-order valence-electron chi connectivity index (χ3n) is 5.69. The van der Waals surface area contributed by atoms with Gasteiger partial charge in [-0.3, -0.25) is 4.90 Å². The molecule has 0 saturated carbocycles. The number of nitriles is 1. The maximum atomic E-state index is 13.6. The second-order valence-electron chi connectivity index (χ2n) is 7.80. The fraction of sp³-hybridized carbons (Fsp3) is 0.375. The van der Waals surface area contributed by atoms with Gasteiger partial charge in [0.2, 0.25) is 10.0 Å². The molecule has 1 aliphatic heterocycles. The number of benzene rings is 2. The molecule has 2 aromatic carbocycles. The first kappa shape index (κ1) is 23.6. The molecule has 0 aromatic heterocycles. The maximum Gasteiger partial charge on any atom is 0.244 e. The molecule has 164 valence electrons. The molecule has 1 atom stereocenters. The molecule has 31 heavy (non-hydrogen) atoms. The van der Waals surface area contributed by atoms with Crippen molar-refractivity contribution in [1.82, 2.24) is 9.21 Å². The van der Waals surface area contributed by atoms with Crippen molar-refractivity contribution in [1.29, 1.82) is 5.26 Å². The zero-order valence-corrected chi connectivity index (χ0v) is 20.0. The van der Waals surface area contributed by atoms with E-state index in [9.17, 15) is 13.7 Å². The van der Waals surface area contributed by atoms with Crippen molar-refractivity contribution in [3.63, 3.8) is 0 Å². The van der Waals surface area contributed by atoms with Crippen LogP contribution in [0.15, 0.2) is 63.7 Å². The minimum Gasteiger partial charge on any atom is -0.294 e. The quantitative estimate of drug-likeness (QED) is 0.571. The summed E-state index contributed by atoms with van der Waals surface area (Å²) in [6, 6.07) is 13.4. The minimum absolute atomic E-state index is 0.210. The molecular weight excluding hydrogens is 426 g/mol. The van der Waals surface area contributed by atoms with E-state index < -0.39 is 10.0 Å². The van der Waals surface area contributed by atoms with Gasteiger partial charge in [-0.05, 0) is 55.7 Å². The highest BCUT2D eigenvalue weighted by Gasteiger charge is 2.32. The summed E-state index contributed by atoms with van der Waals surface area (Å²) in [4.78, 5) is 4.15. The Balaban J connectivity index is 1.92. The molecular formula is C24H29N3O2S2. The first-order chi connectivity index (χ1) is 14.8. The zero-order chi connectivity index (χ0) is 22.6. The summed E-state index contributed by atoms with van der Waals surface area (Å²) in [5.74, 6) is 0. The molecule has 0 N–H and O–H groups in total. The van der Waals surface area contributed by atoms with Crippen LogP contribution in [0.25, 0.3) is 0 Å². The summed E-state index contributed by atoms with van der Waals surface area (Å²) in [6.45, 7) is 12.2. The topological polar surface area (TPSA) is 64.4 Å². The van der Waals surface area contributed by atoms with E-state index in [0.717, 1.165) is 22.4 Å². The Bertz CT molecular complexity index is 1100. The number of piperazine rings is 1. The van der Waals surface area contributed by atoms with Crippen molar-refractivity contribution in [3.05, 3.63) is 65.7 Å². The van der Waals surface area contributed by atoms with E-state index in [0.29, 0.717) is 36.6 Å². The van der Waals surface area contributed by atoms with Gasteiger partial charge < -0.3 is 0 Å². The predicted octanol–water partition coefficient (Wildman–Crippen LogP) is 4.60. The lowest BCUT2D eigenvalue weighted by Gasteiger charge is -2.37. The Kier molecular flexibility index (Phi) is 7.60. The van der Waals surface area contributed by atoms with E-state index in [1.807, 2.05) is 32.1 Å². The Morgan fingerprint density at radius 2 is 1.84 bits per heavy atom. The summed E-state index contributed by atoms with van der Waals surface area (Å²) in [5, 5.41) is 9.37. The smallest absolute Gasteiger partial charge is 0.244 e. The first-order valence-corrected chi connectivity index (χ1v) is 12.7. The molecule has 2 aromatic rings. The van der Waals surface area contributed by atoms with Gasteiger partial charge in [-0.2, -0.15) is 9.57 Å².